The van der Waals surface area contributed by atoms with Crippen molar-refractivity contribution in [2.24, 2.45) is 0 Å². The Hall–Kier alpha value is -2.58. The molecular formula is C19H24N4O4. The summed E-state index contributed by atoms with van der Waals surface area (Å²) in [5.41, 5.74) is 2.38. The Morgan fingerprint density at radius 3 is 3.11 bits per heavy atom. The largest absolute Gasteiger partial charge is 0.454 e. The number of aromatic nitrogens is 2. The molecule has 4 rings (SSSR count). The van der Waals surface area contributed by atoms with E-state index in [2.05, 4.69) is 32.1 Å². The molecule has 0 spiro atoms. The Morgan fingerprint density at radius 2 is 2.22 bits per heavy atom. The highest BCUT2D eigenvalue weighted by atomic mass is 16.7. The molecule has 0 aliphatic carbocycles. The second-order valence-electron chi connectivity index (χ2n) is 6.85. The van der Waals surface area contributed by atoms with E-state index < -0.39 is 0 Å². The van der Waals surface area contributed by atoms with Crippen LogP contribution in [-0.4, -0.2) is 54.2 Å². The van der Waals surface area contributed by atoms with Crippen molar-refractivity contribution in [3.8, 4) is 11.5 Å². The van der Waals surface area contributed by atoms with Gasteiger partial charge in [-0.2, -0.15) is 5.10 Å². The lowest BCUT2D eigenvalue weighted by molar-refractivity contribution is -0.124. The van der Waals surface area contributed by atoms with Gasteiger partial charge in [-0.25, -0.2) is 0 Å². The molecular weight excluding hydrogens is 348 g/mol. The number of methoxy groups -OCH3 is 1. The molecule has 1 amide bonds. The Labute approximate surface area is 158 Å². The van der Waals surface area contributed by atoms with Crippen LogP contribution in [-0.2, 0) is 22.6 Å². The highest BCUT2D eigenvalue weighted by molar-refractivity contribution is 5.77. The van der Waals surface area contributed by atoms with Gasteiger partial charge in [0.15, 0.2) is 11.5 Å². The molecule has 0 fully saturated rings. The van der Waals surface area contributed by atoms with E-state index in [4.69, 9.17) is 14.2 Å². The summed E-state index contributed by atoms with van der Waals surface area (Å²) < 4.78 is 17.8. The minimum absolute atomic E-state index is 0.0912. The average molecular weight is 372 g/mol. The van der Waals surface area contributed by atoms with Crippen LogP contribution < -0.4 is 14.8 Å². The summed E-state index contributed by atoms with van der Waals surface area (Å²) >= 11 is 0. The summed E-state index contributed by atoms with van der Waals surface area (Å²) in [5, 5.41) is 7.37. The lowest BCUT2D eigenvalue weighted by Crippen LogP contribution is -2.39. The third kappa shape index (κ3) is 4.06. The van der Waals surface area contributed by atoms with Gasteiger partial charge in [0, 0.05) is 39.5 Å². The molecule has 3 heterocycles. The van der Waals surface area contributed by atoms with Gasteiger partial charge < -0.3 is 19.5 Å². The number of nitrogens with one attached hydrogen (secondary N) is 1. The van der Waals surface area contributed by atoms with Gasteiger partial charge in [0.25, 0.3) is 0 Å². The van der Waals surface area contributed by atoms with Crippen molar-refractivity contribution in [2.75, 3.05) is 33.6 Å². The first-order valence-electron chi connectivity index (χ1n) is 9.12. The van der Waals surface area contributed by atoms with E-state index >= 15 is 0 Å². The quantitative estimate of drug-likeness (QED) is 0.790. The third-order valence-electron chi connectivity index (χ3n) is 4.87. The van der Waals surface area contributed by atoms with Gasteiger partial charge in [0.2, 0.25) is 12.7 Å². The summed E-state index contributed by atoms with van der Waals surface area (Å²) in [6.07, 6.45) is 2.66. The number of hydrogen-bond donors (Lipinski definition) is 1. The van der Waals surface area contributed by atoms with E-state index in [0.29, 0.717) is 13.3 Å². The second kappa shape index (κ2) is 7.98. The monoisotopic (exact) mass is 372 g/mol. The van der Waals surface area contributed by atoms with Gasteiger partial charge in [-0.3, -0.25) is 14.4 Å². The Bertz CT molecular complexity index is 807. The van der Waals surface area contributed by atoms with Gasteiger partial charge in [-0.1, -0.05) is 6.07 Å². The van der Waals surface area contributed by atoms with Crippen molar-refractivity contribution in [3.63, 3.8) is 0 Å². The number of fused-ring (bicyclic) bond motifs is 2. The molecule has 1 N–H and O–H groups in total. The van der Waals surface area contributed by atoms with E-state index in [1.807, 2.05) is 18.3 Å². The highest BCUT2D eigenvalue weighted by Gasteiger charge is 2.26. The van der Waals surface area contributed by atoms with Crippen LogP contribution in [0.15, 0.2) is 30.5 Å². The third-order valence-corrected chi connectivity index (χ3v) is 4.87. The molecule has 0 radical (unpaired) electrons. The number of rotatable bonds is 7. The predicted molar refractivity (Wildman–Crippen MR) is 97.4 cm³/mol. The van der Waals surface area contributed by atoms with Gasteiger partial charge in [0.05, 0.1) is 11.7 Å². The van der Waals surface area contributed by atoms with Crippen LogP contribution >= 0.6 is 0 Å². The zero-order chi connectivity index (χ0) is 18.6. The highest BCUT2D eigenvalue weighted by Crippen LogP contribution is 2.33. The van der Waals surface area contributed by atoms with Crippen LogP contribution in [0.3, 0.4) is 0 Å². The average Bonchev–Trinajstić information content (AvgIpc) is 3.30. The van der Waals surface area contributed by atoms with Crippen LogP contribution in [0, 0.1) is 0 Å². The Kier molecular flexibility index (Phi) is 5.26. The van der Waals surface area contributed by atoms with Crippen LogP contribution in [0.2, 0.25) is 0 Å². The topological polar surface area (TPSA) is 77.8 Å². The zero-order valence-electron chi connectivity index (χ0n) is 15.4. The van der Waals surface area contributed by atoms with Crippen LogP contribution in [0.5, 0.6) is 11.5 Å². The standard InChI is InChI=1S/C19H24N4O4/c1-25-12-19(24)20-6-4-15-10-22(11-16-5-7-21-23(15)16)9-14-2-3-17-18(8-14)27-13-26-17/h2-3,5,7-8,15H,4,6,9-13H2,1H3,(H,20,24)/t15-/m0/s1. The van der Waals surface area contributed by atoms with Crippen molar-refractivity contribution in [1.29, 1.82) is 0 Å². The first kappa shape index (κ1) is 17.8. The maximum Gasteiger partial charge on any atom is 0.245 e. The fraction of sp³-hybridized carbons (Fsp3) is 0.474. The minimum atomic E-state index is -0.0915. The number of hydrogen-bond acceptors (Lipinski definition) is 6. The molecule has 2 aromatic rings. The summed E-state index contributed by atoms with van der Waals surface area (Å²) in [4.78, 5) is 14.0. The molecule has 1 aromatic heterocycles. The maximum absolute atomic E-state index is 11.6. The van der Waals surface area contributed by atoms with Crippen LogP contribution in [0.25, 0.3) is 0 Å². The van der Waals surface area contributed by atoms with Crippen LogP contribution in [0.1, 0.15) is 23.7 Å². The van der Waals surface area contributed by atoms with E-state index in [9.17, 15) is 4.79 Å². The number of carbonyl (C=O) groups is 1. The van der Waals surface area contributed by atoms with Gasteiger partial charge >= 0.3 is 0 Å². The fourth-order valence-corrected chi connectivity index (χ4v) is 3.66. The molecule has 0 saturated carbocycles. The lowest BCUT2D eigenvalue weighted by atomic mass is 10.1. The molecule has 1 atom stereocenters. The number of amides is 1. The fourth-order valence-electron chi connectivity index (χ4n) is 3.66. The summed E-state index contributed by atoms with van der Waals surface area (Å²) in [6, 6.07) is 8.38. The van der Waals surface area contributed by atoms with Crippen molar-refractivity contribution in [3.05, 3.63) is 41.7 Å². The minimum Gasteiger partial charge on any atom is -0.454 e. The summed E-state index contributed by atoms with van der Waals surface area (Å²) in [5.74, 6) is 1.53. The molecule has 8 nitrogen and oxygen atoms in total. The SMILES string of the molecule is COCC(=O)NCC[C@H]1CN(Cc2ccc3c(c2)OCO3)Cc2ccnn21. The number of carbonyl (C=O) groups excluding carboxylic acids is 1. The molecule has 0 saturated heterocycles. The number of ether oxygens (including phenoxy) is 3. The van der Waals surface area contributed by atoms with Crippen molar-refractivity contribution in [1.82, 2.24) is 20.0 Å². The molecule has 2 aliphatic heterocycles. The van der Waals surface area contributed by atoms with Crippen molar-refractivity contribution >= 4 is 5.91 Å². The Morgan fingerprint density at radius 1 is 1.33 bits per heavy atom. The smallest absolute Gasteiger partial charge is 0.245 e. The van der Waals surface area contributed by atoms with E-state index in [0.717, 1.165) is 37.6 Å². The molecule has 0 unspecified atom stereocenters. The lowest BCUT2D eigenvalue weighted by Gasteiger charge is -2.34. The van der Waals surface area contributed by atoms with E-state index in [-0.39, 0.29) is 18.6 Å². The number of nitrogens with zero attached hydrogens (tertiary/aromatic N) is 3. The first-order valence-corrected chi connectivity index (χ1v) is 9.12. The van der Waals surface area contributed by atoms with Gasteiger partial charge in [-0.15, -0.1) is 0 Å². The maximum atomic E-state index is 11.6. The van der Waals surface area contributed by atoms with Gasteiger partial charge in [0.1, 0.15) is 6.61 Å². The molecule has 8 heteroatoms. The summed E-state index contributed by atoms with van der Waals surface area (Å²) in [6.45, 7) is 3.54. The second-order valence-corrected chi connectivity index (χ2v) is 6.85. The van der Waals surface area contributed by atoms with Crippen molar-refractivity contribution < 1.29 is 19.0 Å². The zero-order valence-corrected chi connectivity index (χ0v) is 15.4. The molecule has 27 heavy (non-hydrogen) atoms. The normalized spacial score (nSPS) is 18.3. The molecule has 144 valence electrons. The molecule has 0 bridgehead atoms. The summed E-state index contributed by atoms with van der Waals surface area (Å²) in [7, 11) is 1.52. The molecule has 1 aromatic carbocycles. The van der Waals surface area contributed by atoms with Gasteiger partial charge in [-0.05, 0) is 30.2 Å². The first-order chi connectivity index (χ1) is 13.2. The number of benzene rings is 1. The molecule has 2 aliphatic rings. The van der Waals surface area contributed by atoms with E-state index in [1.54, 1.807) is 0 Å². The van der Waals surface area contributed by atoms with Crippen LogP contribution in [0.4, 0.5) is 0 Å². The van der Waals surface area contributed by atoms with E-state index in [1.165, 1.54) is 18.4 Å². The predicted octanol–water partition coefficient (Wildman–Crippen LogP) is 1.32. The van der Waals surface area contributed by atoms with Crippen molar-refractivity contribution in [2.45, 2.75) is 25.6 Å². The Balaban J connectivity index is 1.39.